The molecule has 4 nitrogen and oxygen atoms in total. The first-order valence-electron chi connectivity index (χ1n) is 8.83. The minimum absolute atomic E-state index is 0.0905. The molecule has 0 aromatic heterocycles. The third-order valence-corrected chi connectivity index (χ3v) is 4.64. The van der Waals surface area contributed by atoms with E-state index in [9.17, 15) is 9.59 Å². The van der Waals surface area contributed by atoms with Crippen LogP contribution in [0.5, 0.6) is 0 Å². The van der Waals surface area contributed by atoms with Gasteiger partial charge in [0.05, 0.1) is 10.6 Å². The average molecular weight is 425 g/mol. The largest absolute Gasteiger partial charge is 0.321 e. The maximum atomic E-state index is 12.9. The van der Waals surface area contributed by atoms with Crippen molar-refractivity contribution in [2.45, 2.75) is 6.92 Å². The molecule has 0 aliphatic rings. The van der Waals surface area contributed by atoms with E-state index >= 15 is 0 Å². The van der Waals surface area contributed by atoms with Crippen molar-refractivity contribution in [3.63, 3.8) is 0 Å². The van der Waals surface area contributed by atoms with Gasteiger partial charge in [0.15, 0.2) is 0 Å². The molecule has 146 valence electrons. The molecule has 0 unspecified atom stereocenters. The summed E-state index contributed by atoms with van der Waals surface area (Å²) in [6, 6.07) is 21.2. The van der Waals surface area contributed by atoms with Crippen LogP contribution in [0.1, 0.15) is 21.5 Å². The lowest BCUT2D eigenvalue weighted by molar-refractivity contribution is -0.113. The molecule has 2 amide bonds. The number of anilines is 1. The molecule has 0 radical (unpaired) electrons. The van der Waals surface area contributed by atoms with Crippen molar-refractivity contribution >= 4 is 46.8 Å². The normalized spacial score (nSPS) is 11.1. The number of halogens is 2. The molecule has 2 N–H and O–H groups in total. The highest BCUT2D eigenvalue weighted by Crippen LogP contribution is 2.21. The maximum absolute atomic E-state index is 12.9. The Morgan fingerprint density at radius 2 is 1.59 bits per heavy atom. The van der Waals surface area contributed by atoms with Crippen LogP contribution in [-0.2, 0) is 4.79 Å². The Morgan fingerprint density at radius 1 is 0.897 bits per heavy atom. The molecule has 0 aliphatic heterocycles. The fourth-order valence-corrected chi connectivity index (χ4v) is 3.07. The Morgan fingerprint density at radius 3 is 2.24 bits per heavy atom. The molecule has 3 rings (SSSR count). The lowest BCUT2D eigenvalue weighted by Crippen LogP contribution is -2.31. The monoisotopic (exact) mass is 424 g/mol. The van der Waals surface area contributed by atoms with Gasteiger partial charge in [0.1, 0.15) is 5.70 Å². The van der Waals surface area contributed by atoms with Crippen LogP contribution in [0.4, 0.5) is 5.69 Å². The highest BCUT2D eigenvalue weighted by Gasteiger charge is 2.17. The van der Waals surface area contributed by atoms with Gasteiger partial charge in [-0.2, -0.15) is 0 Å². The van der Waals surface area contributed by atoms with E-state index < -0.39 is 11.8 Å². The smallest absolute Gasteiger partial charge is 0.272 e. The molecule has 0 saturated heterocycles. The van der Waals surface area contributed by atoms with Gasteiger partial charge in [-0.1, -0.05) is 71.2 Å². The van der Waals surface area contributed by atoms with Gasteiger partial charge in [0.25, 0.3) is 11.8 Å². The summed E-state index contributed by atoms with van der Waals surface area (Å²) in [6.45, 7) is 1.96. The first-order chi connectivity index (χ1) is 13.9. The summed E-state index contributed by atoms with van der Waals surface area (Å²) in [5.74, 6) is -0.955. The predicted molar refractivity (Wildman–Crippen MR) is 118 cm³/mol. The van der Waals surface area contributed by atoms with Crippen LogP contribution in [-0.4, -0.2) is 11.8 Å². The highest BCUT2D eigenvalue weighted by atomic mass is 35.5. The van der Waals surface area contributed by atoms with E-state index in [0.29, 0.717) is 10.7 Å². The van der Waals surface area contributed by atoms with Crippen molar-refractivity contribution in [3.05, 3.63) is 105 Å². The number of nitrogens with one attached hydrogen (secondary N) is 2. The van der Waals surface area contributed by atoms with Crippen molar-refractivity contribution in [2.75, 3.05) is 5.32 Å². The molecule has 0 atom stereocenters. The second-order valence-corrected chi connectivity index (χ2v) is 7.21. The second-order valence-electron chi connectivity index (χ2n) is 6.37. The zero-order valence-electron chi connectivity index (χ0n) is 15.6. The van der Waals surface area contributed by atoms with Crippen LogP contribution in [0.2, 0.25) is 10.0 Å². The van der Waals surface area contributed by atoms with Crippen molar-refractivity contribution < 1.29 is 9.59 Å². The Hall–Kier alpha value is -3.08. The topological polar surface area (TPSA) is 58.2 Å². The standard InChI is InChI=1S/C23H18Cl2N2O2/c1-15-7-10-18(11-8-15)26-23(29)21(13-16-5-3-2-4-6-16)27-22(28)19-12-9-17(24)14-20(19)25/h2-14H,1H3,(H,26,29)(H,27,28). The quantitative estimate of drug-likeness (QED) is 0.515. The number of hydrogen-bond donors (Lipinski definition) is 2. The summed E-state index contributed by atoms with van der Waals surface area (Å²) in [4.78, 5) is 25.6. The van der Waals surface area contributed by atoms with Gasteiger partial charge in [0.2, 0.25) is 0 Å². The van der Waals surface area contributed by atoms with Crippen LogP contribution in [0.25, 0.3) is 6.08 Å². The first-order valence-corrected chi connectivity index (χ1v) is 9.59. The second kappa shape index (κ2) is 9.41. The van der Waals surface area contributed by atoms with Gasteiger partial charge in [0, 0.05) is 10.7 Å². The zero-order chi connectivity index (χ0) is 20.8. The summed E-state index contributed by atoms with van der Waals surface area (Å²) in [6.07, 6.45) is 1.60. The lowest BCUT2D eigenvalue weighted by Gasteiger charge is -2.12. The Kier molecular flexibility index (Phi) is 6.70. The molecule has 0 heterocycles. The summed E-state index contributed by atoms with van der Waals surface area (Å²) < 4.78 is 0. The van der Waals surface area contributed by atoms with E-state index in [4.69, 9.17) is 23.2 Å². The number of aryl methyl sites for hydroxylation is 1. The van der Waals surface area contributed by atoms with Crippen molar-refractivity contribution in [1.29, 1.82) is 0 Å². The van der Waals surface area contributed by atoms with E-state index in [-0.39, 0.29) is 16.3 Å². The van der Waals surface area contributed by atoms with E-state index in [0.717, 1.165) is 11.1 Å². The predicted octanol–water partition coefficient (Wildman–Crippen LogP) is 5.71. The fourth-order valence-electron chi connectivity index (χ4n) is 2.57. The maximum Gasteiger partial charge on any atom is 0.272 e. The summed E-state index contributed by atoms with van der Waals surface area (Å²) >= 11 is 12.0. The summed E-state index contributed by atoms with van der Waals surface area (Å²) in [5.41, 5.74) is 2.78. The zero-order valence-corrected chi connectivity index (χ0v) is 17.1. The average Bonchev–Trinajstić information content (AvgIpc) is 2.70. The van der Waals surface area contributed by atoms with Gasteiger partial charge >= 0.3 is 0 Å². The highest BCUT2D eigenvalue weighted by molar-refractivity contribution is 6.36. The van der Waals surface area contributed by atoms with Gasteiger partial charge in [-0.3, -0.25) is 9.59 Å². The summed E-state index contributed by atoms with van der Waals surface area (Å²) in [7, 11) is 0. The van der Waals surface area contributed by atoms with Crippen LogP contribution >= 0.6 is 23.2 Å². The number of carbonyl (C=O) groups excluding carboxylic acids is 2. The Bertz CT molecular complexity index is 1060. The molecule has 29 heavy (non-hydrogen) atoms. The van der Waals surface area contributed by atoms with Gasteiger partial charge in [-0.25, -0.2) is 0 Å². The molecule has 6 heteroatoms. The SMILES string of the molecule is Cc1ccc(NC(=O)C(=Cc2ccccc2)NC(=O)c2ccc(Cl)cc2Cl)cc1. The van der Waals surface area contributed by atoms with Crippen molar-refractivity contribution in [2.24, 2.45) is 0 Å². The van der Waals surface area contributed by atoms with Crippen LogP contribution in [0.15, 0.2) is 78.5 Å². The molecule has 3 aromatic carbocycles. The number of rotatable bonds is 5. The van der Waals surface area contributed by atoms with E-state index in [2.05, 4.69) is 10.6 Å². The molecule has 0 fully saturated rings. The molecule has 0 bridgehead atoms. The molecular formula is C23H18Cl2N2O2. The van der Waals surface area contributed by atoms with E-state index in [1.807, 2.05) is 49.4 Å². The molecule has 3 aromatic rings. The van der Waals surface area contributed by atoms with Crippen LogP contribution < -0.4 is 10.6 Å². The van der Waals surface area contributed by atoms with Gasteiger partial charge < -0.3 is 10.6 Å². The number of hydrogen-bond acceptors (Lipinski definition) is 2. The van der Waals surface area contributed by atoms with Gasteiger partial charge in [-0.05, 0) is 48.9 Å². The van der Waals surface area contributed by atoms with Gasteiger partial charge in [-0.15, -0.1) is 0 Å². The molecule has 0 saturated carbocycles. The number of carbonyl (C=O) groups is 2. The minimum atomic E-state index is -0.507. The Labute approximate surface area is 179 Å². The molecular weight excluding hydrogens is 407 g/mol. The minimum Gasteiger partial charge on any atom is -0.321 e. The van der Waals surface area contributed by atoms with Crippen molar-refractivity contribution in [3.8, 4) is 0 Å². The molecule has 0 aliphatic carbocycles. The van der Waals surface area contributed by atoms with Crippen molar-refractivity contribution in [1.82, 2.24) is 5.32 Å². The lowest BCUT2D eigenvalue weighted by atomic mass is 10.1. The fraction of sp³-hybridized carbons (Fsp3) is 0.0435. The van der Waals surface area contributed by atoms with Crippen LogP contribution in [0.3, 0.4) is 0 Å². The summed E-state index contributed by atoms with van der Waals surface area (Å²) in [5, 5.41) is 6.07. The number of benzene rings is 3. The third-order valence-electron chi connectivity index (χ3n) is 4.09. The number of amides is 2. The third kappa shape index (κ3) is 5.70. The first kappa shape index (κ1) is 20.6. The van der Waals surface area contributed by atoms with E-state index in [1.165, 1.54) is 12.1 Å². The van der Waals surface area contributed by atoms with Crippen LogP contribution in [0, 0.1) is 6.92 Å². The molecule has 0 spiro atoms. The Balaban J connectivity index is 1.88. The van der Waals surface area contributed by atoms with E-state index in [1.54, 1.807) is 24.3 Å².